The predicted octanol–water partition coefficient (Wildman–Crippen LogP) is 4.15. The Morgan fingerprint density at radius 3 is 2.47 bits per heavy atom. The lowest BCUT2D eigenvalue weighted by Crippen LogP contribution is -2.40. The third-order valence-electron chi connectivity index (χ3n) is 5.74. The average Bonchev–Trinajstić information content (AvgIpc) is 2.78. The summed E-state index contributed by atoms with van der Waals surface area (Å²) < 4.78 is 24.6. The van der Waals surface area contributed by atoms with Crippen molar-refractivity contribution in [2.45, 2.75) is 32.2 Å². The van der Waals surface area contributed by atoms with Crippen molar-refractivity contribution >= 4 is 5.78 Å². The van der Waals surface area contributed by atoms with Gasteiger partial charge in [0, 0.05) is 18.2 Å². The quantitative estimate of drug-likeness (QED) is 0.625. The molecule has 1 aliphatic rings. The van der Waals surface area contributed by atoms with Crippen LogP contribution < -0.4 is 14.8 Å². The van der Waals surface area contributed by atoms with E-state index in [0.29, 0.717) is 29.2 Å². The fraction of sp³-hybridized carbons (Fsp3) is 0.458. The van der Waals surface area contributed by atoms with Crippen LogP contribution in [0.1, 0.15) is 46.8 Å². The summed E-state index contributed by atoms with van der Waals surface area (Å²) in [5.74, 6) is 0.933. The van der Waals surface area contributed by atoms with Crippen LogP contribution in [0.5, 0.6) is 11.5 Å². The van der Waals surface area contributed by atoms with Crippen LogP contribution in [0.25, 0.3) is 0 Å². The van der Waals surface area contributed by atoms with Crippen molar-refractivity contribution in [1.82, 2.24) is 10.2 Å². The Hall–Kier alpha value is -2.44. The number of benzene rings is 2. The van der Waals surface area contributed by atoms with Gasteiger partial charge in [-0.3, -0.25) is 9.69 Å². The Morgan fingerprint density at radius 1 is 1.07 bits per heavy atom. The Labute approximate surface area is 178 Å². The molecule has 2 aromatic carbocycles. The van der Waals surface area contributed by atoms with Gasteiger partial charge in [-0.2, -0.15) is 0 Å². The number of Topliss-reactive ketones (excluding diaryl/α,β-unsaturated/α-hetero) is 1. The smallest absolute Gasteiger partial charge is 0.176 e. The van der Waals surface area contributed by atoms with Gasteiger partial charge >= 0.3 is 0 Å². The van der Waals surface area contributed by atoms with Gasteiger partial charge < -0.3 is 14.8 Å². The summed E-state index contributed by atoms with van der Waals surface area (Å²) in [5.41, 5.74) is 2.06. The molecular formula is C24H31FN2O3. The minimum atomic E-state index is -0.350. The first-order valence-electron chi connectivity index (χ1n) is 10.5. The zero-order valence-corrected chi connectivity index (χ0v) is 18.0. The number of hydrogen-bond donors (Lipinski definition) is 1. The number of ketones is 1. The van der Waals surface area contributed by atoms with Crippen molar-refractivity contribution in [3.05, 3.63) is 58.9 Å². The first-order chi connectivity index (χ1) is 14.5. The predicted molar refractivity (Wildman–Crippen MR) is 116 cm³/mol. The van der Waals surface area contributed by atoms with Crippen LogP contribution in [0, 0.1) is 12.7 Å². The van der Waals surface area contributed by atoms with E-state index in [1.165, 1.54) is 25.3 Å². The molecule has 1 saturated heterocycles. The highest BCUT2D eigenvalue weighted by molar-refractivity contribution is 5.97. The summed E-state index contributed by atoms with van der Waals surface area (Å²) in [6, 6.07) is 10.7. The van der Waals surface area contributed by atoms with Crippen molar-refractivity contribution in [2.24, 2.45) is 0 Å². The van der Waals surface area contributed by atoms with Crippen molar-refractivity contribution < 1.29 is 18.7 Å². The second-order valence-corrected chi connectivity index (χ2v) is 7.74. The van der Waals surface area contributed by atoms with Crippen molar-refractivity contribution in [1.29, 1.82) is 0 Å². The van der Waals surface area contributed by atoms with Gasteiger partial charge in [0.1, 0.15) is 5.82 Å². The molecule has 3 rings (SSSR count). The molecule has 1 fully saturated rings. The second-order valence-electron chi connectivity index (χ2n) is 7.74. The molecule has 1 unspecified atom stereocenters. The van der Waals surface area contributed by atoms with Crippen LogP contribution in [0.3, 0.4) is 0 Å². The van der Waals surface area contributed by atoms with Gasteiger partial charge in [-0.25, -0.2) is 4.39 Å². The molecule has 0 aliphatic carbocycles. The van der Waals surface area contributed by atoms with E-state index in [4.69, 9.17) is 9.47 Å². The molecular weight excluding hydrogens is 383 g/mol. The molecule has 1 aliphatic heterocycles. The van der Waals surface area contributed by atoms with Gasteiger partial charge in [0.15, 0.2) is 17.3 Å². The number of piperidine rings is 1. The monoisotopic (exact) mass is 414 g/mol. The van der Waals surface area contributed by atoms with Gasteiger partial charge in [-0.1, -0.05) is 24.6 Å². The summed E-state index contributed by atoms with van der Waals surface area (Å²) in [6.45, 7) is 4.53. The molecule has 5 nitrogen and oxygen atoms in total. The standard InChI is InChI=1S/C24H31FN2O3/c1-17-7-8-19(13-20(17)25)22(28)16-26-15-21(27-11-5-4-6-12-27)18-9-10-23(29-2)24(14-18)30-3/h7-10,13-14,21,26H,4-6,11-12,15-16H2,1-3H3. The molecule has 0 bridgehead atoms. The van der Waals surface area contributed by atoms with Gasteiger partial charge in [0.25, 0.3) is 0 Å². The third kappa shape index (κ3) is 5.37. The number of aryl methyl sites for hydroxylation is 1. The molecule has 2 aromatic rings. The van der Waals surface area contributed by atoms with Gasteiger partial charge in [0.2, 0.25) is 0 Å². The van der Waals surface area contributed by atoms with E-state index in [1.54, 1.807) is 33.3 Å². The molecule has 6 heteroatoms. The highest BCUT2D eigenvalue weighted by atomic mass is 19.1. The van der Waals surface area contributed by atoms with Crippen molar-refractivity contribution in [3.8, 4) is 11.5 Å². The zero-order chi connectivity index (χ0) is 21.5. The first-order valence-corrected chi connectivity index (χ1v) is 10.5. The number of ether oxygens (including phenoxy) is 2. The van der Waals surface area contributed by atoms with Crippen molar-refractivity contribution in [3.63, 3.8) is 0 Å². The minimum absolute atomic E-state index is 0.112. The highest BCUT2D eigenvalue weighted by Gasteiger charge is 2.23. The van der Waals surface area contributed by atoms with Crippen LogP contribution in [0.15, 0.2) is 36.4 Å². The highest BCUT2D eigenvalue weighted by Crippen LogP contribution is 2.32. The number of carbonyl (C=O) groups excluding carboxylic acids is 1. The molecule has 30 heavy (non-hydrogen) atoms. The summed E-state index contributed by atoms with van der Waals surface area (Å²) >= 11 is 0. The molecule has 1 N–H and O–H groups in total. The lowest BCUT2D eigenvalue weighted by Gasteiger charge is -2.35. The molecule has 1 heterocycles. The lowest BCUT2D eigenvalue weighted by atomic mass is 10.0. The third-order valence-corrected chi connectivity index (χ3v) is 5.74. The SMILES string of the molecule is COc1ccc(C(CNCC(=O)c2ccc(C)c(F)c2)N2CCCCC2)cc1OC. The summed E-state index contributed by atoms with van der Waals surface area (Å²) in [4.78, 5) is 15.0. The van der Waals surface area contributed by atoms with Crippen LogP contribution in [0.4, 0.5) is 4.39 Å². The van der Waals surface area contributed by atoms with Crippen LogP contribution in [-0.2, 0) is 0 Å². The first kappa shape index (κ1) is 22.2. The van der Waals surface area contributed by atoms with E-state index >= 15 is 0 Å². The van der Waals surface area contributed by atoms with E-state index in [9.17, 15) is 9.18 Å². The maximum Gasteiger partial charge on any atom is 0.176 e. The maximum absolute atomic E-state index is 13.8. The molecule has 0 aromatic heterocycles. The van der Waals surface area contributed by atoms with E-state index in [0.717, 1.165) is 18.7 Å². The number of hydrogen-bond acceptors (Lipinski definition) is 5. The number of rotatable bonds is 9. The summed E-state index contributed by atoms with van der Waals surface area (Å²) in [7, 11) is 3.26. The second kappa shape index (κ2) is 10.5. The van der Waals surface area contributed by atoms with E-state index in [1.807, 2.05) is 12.1 Å². The summed E-state index contributed by atoms with van der Waals surface area (Å²) in [6.07, 6.45) is 3.59. The van der Waals surface area contributed by atoms with E-state index in [-0.39, 0.29) is 24.2 Å². The Bertz CT molecular complexity index is 866. The minimum Gasteiger partial charge on any atom is -0.493 e. The number of nitrogens with zero attached hydrogens (tertiary/aromatic N) is 1. The molecule has 0 amide bonds. The van der Waals surface area contributed by atoms with Crippen LogP contribution in [0.2, 0.25) is 0 Å². The Morgan fingerprint density at radius 2 is 1.80 bits per heavy atom. The van der Waals surface area contributed by atoms with Crippen molar-refractivity contribution in [2.75, 3.05) is 40.4 Å². The number of likely N-dealkylation sites (tertiary alicyclic amines) is 1. The fourth-order valence-electron chi connectivity index (χ4n) is 3.94. The van der Waals surface area contributed by atoms with Crippen LogP contribution >= 0.6 is 0 Å². The molecule has 0 radical (unpaired) electrons. The Balaban J connectivity index is 1.71. The summed E-state index contributed by atoms with van der Waals surface area (Å²) in [5, 5.41) is 3.29. The van der Waals surface area contributed by atoms with Crippen LogP contribution in [-0.4, -0.2) is 51.1 Å². The maximum atomic E-state index is 13.8. The number of methoxy groups -OCH3 is 2. The van der Waals surface area contributed by atoms with E-state index in [2.05, 4.69) is 16.3 Å². The average molecular weight is 415 g/mol. The normalized spacial score (nSPS) is 15.6. The number of carbonyl (C=O) groups is 1. The van der Waals surface area contributed by atoms with Gasteiger partial charge in [-0.05, 0) is 62.2 Å². The molecule has 0 saturated carbocycles. The molecule has 0 spiro atoms. The lowest BCUT2D eigenvalue weighted by molar-refractivity contribution is 0.0983. The number of nitrogens with one attached hydrogen (secondary N) is 1. The van der Waals surface area contributed by atoms with Gasteiger partial charge in [-0.15, -0.1) is 0 Å². The molecule has 1 atom stereocenters. The van der Waals surface area contributed by atoms with E-state index < -0.39 is 0 Å². The van der Waals surface area contributed by atoms with Gasteiger partial charge in [0.05, 0.1) is 20.8 Å². The number of halogens is 1. The zero-order valence-electron chi connectivity index (χ0n) is 18.0. The Kier molecular flexibility index (Phi) is 7.82. The fourth-order valence-corrected chi connectivity index (χ4v) is 3.94. The topological polar surface area (TPSA) is 50.8 Å². The largest absolute Gasteiger partial charge is 0.493 e. The molecule has 162 valence electrons.